The molecule has 188 valence electrons. The Bertz CT molecular complexity index is 1110. The van der Waals surface area contributed by atoms with E-state index in [9.17, 15) is 15.0 Å². The predicted octanol–water partition coefficient (Wildman–Crippen LogP) is 7.16. The van der Waals surface area contributed by atoms with E-state index in [0.717, 1.165) is 73.0 Å². The third-order valence-electron chi connectivity index (χ3n) is 7.42. The number of phenols is 2. The second-order valence-electron chi connectivity index (χ2n) is 10.0. The summed E-state index contributed by atoms with van der Waals surface area (Å²) in [6.07, 6.45) is 12.5. The van der Waals surface area contributed by atoms with Crippen molar-refractivity contribution in [2.24, 2.45) is 0 Å². The van der Waals surface area contributed by atoms with Crippen LogP contribution in [0.4, 0.5) is 0 Å². The monoisotopic (exact) mass is 476 g/mol. The average molecular weight is 477 g/mol. The third-order valence-corrected chi connectivity index (χ3v) is 7.42. The van der Waals surface area contributed by atoms with E-state index in [-0.39, 0.29) is 11.5 Å². The number of amides is 1. The van der Waals surface area contributed by atoms with Crippen LogP contribution in [0.5, 0.6) is 11.5 Å². The topological polar surface area (TPSA) is 65.7 Å². The van der Waals surface area contributed by atoms with E-state index in [1.54, 1.807) is 18.2 Å². The smallest absolute Gasteiger partial charge is 0.222 e. The summed E-state index contributed by atoms with van der Waals surface area (Å²) < 4.78 is 2.37. The minimum absolute atomic E-state index is 0.268. The van der Waals surface area contributed by atoms with Crippen LogP contribution in [0, 0.1) is 6.92 Å². The maximum atomic E-state index is 12.1. The second-order valence-corrected chi connectivity index (χ2v) is 10.0. The Balaban J connectivity index is 1.23. The molecular formula is C30H40N2O3. The minimum atomic E-state index is 0.268. The van der Waals surface area contributed by atoms with Gasteiger partial charge in [0.1, 0.15) is 11.5 Å². The number of aromatic hydroxyl groups is 2. The summed E-state index contributed by atoms with van der Waals surface area (Å²) >= 11 is 0. The van der Waals surface area contributed by atoms with Gasteiger partial charge in [-0.3, -0.25) is 4.79 Å². The molecule has 0 bridgehead atoms. The molecule has 5 heteroatoms. The first-order valence-electron chi connectivity index (χ1n) is 13.4. The van der Waals surface area contributed by atoms with Crippen molar-refractivity contribution in [1.82, 2.24) is 9.47 Å². The van der Waals surface area contributed by atoms with E-state index in [4.69, 9.17) is 0 Å². The van der Waals surface area contributed by atoms with E-state index in [1.165, 1.54) is 44.9 Å². The van der Waals surface area contributed by atoms with Crippen LogP contribution in [-0.4, -0.2) is 38.7 Å². The van der Waals surface area contributed by atoms with Crippen LogP contribution < -0.4 is 0 Å². The van der Waals surface area contributed by atoms with Gasteiger partial charge in [0.25, 0.3) is 0 Å². The third kappa shape index (κ3) is 6.39. The van der Waals surface area contributed by atoms with Crippen molar-refractivity contribution in [3.05, 3.63) is 48.0 Å². The number of hydrogen-bond donors (Lipinski definition) is 2. The summed E-state index contributed by atoms with van der Waals surface area (Å²) in [6.45, 7) is 4.98. The van der Waals surface area contributed by atoms with Gasteiger partial charge in [-0.1, -0.05) is 38.5 Å². The van der Waals surface area contributed by atoms with E-state index < -0.39 is 0 Å². The molecule has 1 fully saturated rings. The lowest BCUT2D eigenvalue weighted by atomic mass is 10.1. The van der Waals surface area contributed by atoms with Crippen LogP contribution >= 0.6 is 0 Å². The first kappa shape index (κ1) is 25.2. The van der Waals surface area contributed by atoms with Crippen LogP contribution in [0.2, 0.25) is 0 Å². The van der Waals surface area contributed by atoms with Crippen LogP contribution in [0.3, 0.4) is 0 Å². The van der Waals surface area contributed by atoms with Crippen LogP contribution in [0.1, 0.15) is 76.2 Å². The molecule has 35 heavy (non-hydrogen) atoms. The predicted molar refractivity (Wildman–Crippen MR) is 143 cm³/mol. The van der Waals surface area contributed by atoms with Crippen molar-refractivity contribution >= 4 is 16.8 Å². The number of phenolic OH excluding ortho intramolecular Hbond substituents is 2. The van der Waals surface area contributed by atoms with Crippen molar-refractivity contribution in [2.75, 3.05) is 13.1 Å². The van der Waals surface area contributed by atoms with Gasteiger partial charge < -0.3 is 19.7 Å². The summed E-state index contributed by atoms with van der Waals surface area (Å²) in [5.41, 5.74) is 4.55. The zero-order valence-corrected chi connectivity index (χ0v) is 21.1. The Morgan fingerprint density at radius 1 is 0.800 bits per heavy atom. The van der Waals surface area contributed by atoms with E-state index in [2.05, 4.69) is 11.5 Å². The SMILES string of the molecule is Cc1c(-c2ccc(O)cc2)n(CCCCCCCCCCC(=O)N2CCCC2)c2ccc(O)cc12. The Morgan fingerprint density at radius 3 is 2.09 bits per heavy atom. The van der Waals surface area contributed by atoms with Gasteiger partial charge in [0.05, 0.1) is 5.69 Å². The lowest BCUT2D eigenvalue weighted by Gasteiger charge is -2.14. The number of benzene rings is 2. The van der Waals surface area contributed by atoms with E-state index in [0.29, 0.717) is 5.91 Å². The average Bonchev–Trinajstić information content (AvgIpc) is 3.48. The fraction of sp³-hybridized carbons (Fsp3) is 0.500. The molecule has 0 aliphatic carbocycles. The number of unbranched alkanes of at least 4 members (excludes halogenated alkanes) is 7. The molecule has 1 aliphatic heterocycles. The molecule has 1 amide bonds. The van der Waals surface area contributed by atoms with Gasteiger partial charge in [-0.15, -0.1) is 0 Å². The number of hydrogen-bond acceptors (Lipinski definition) is 3. The van der Waals surface area contributed by atoms with Crippen molar-refractivity contribution in [3.8, 4) is 22.8 Å². The van der Waals surface area contributed by atoms with Crippen LogP contribution in [-0.2, 0) is 11.3 Å². The van der Waals surface area contributed by atoms with Crippen molar-refractivity contribution in [2.45, 2.75) is 84.1 Å². The molecule has 4 rings (SSSR count). The number of carbonyl (C=O) groups excluding carboxylic acids is 1. The summed E-state index contributed by atoms with van der Waals surface area (Å²) in [4.78, 5) is 14.1. The standard InChI is InChI=1S/C30H40N2O3/c1-23-27-22-26(34)17-18-28(27)32(30(23)24-13-15-25(33)16-14-24)21-9-7-5-3-2-4-6-8-12-29(35)31-19-10-11-20-31/h13-18,22,33-34H,2-12,19-21H2,1H3. The normalized spacial score (nSPS) is 13.7. The number of fused-ring (bicyclic) bond motifs is 1. The molecule has 1 aliphatic rings. The molecular weight excluding hydrogens is 436 g/mol. The highest BCUT2D eigenvalue weighted by Crippen LogP contribution is 2.36. The van der Waals surface area contributed by atoms with Gasteiger partial charge in [-0.05, 0) is 86.2 Å². The molecule has 2 aromatic carbocycles. The molecule has 2 N–H and O–H groups in total. The van der Waals surface area contributed by atoms with Crippen molar-refractivity contribution < 1.29 is 15.0 Å². The summed E-state index contributed by atoms with van der Waals surface area (Å²) in [7, 11) is 0. The molecule has 2 heterocycles. The quantitative estimate of drug-likeness (QED) is 0.273. The highest BCUT2D eigenvalue weighted by atomic mass is 16.3. The molecule has 0 atom stereocenters. The minimum Gasteiger partial charge on any atom is -0.508 e. The van der Waals surface area contributed by atoms with Crippen molar-refractivity contribution in [3.63, 3.8) is 0 Å². The highest BCUT2D eigenvalue weighted by molar-refractivity contribution is 5.92. The number of likely N-dealkylation sites (tertiary alicyclic amines) is 1. The molecule has 0 radical (unpaired) electrons. The van der Waals surface area contributed by atoms with E-state index >= 15 is 0 Å². The number of carbonyl (C=O) groups is 1. The Kier molecular flexibility index (Phi) is 8.73. The highest BCUT2D eigenvalue weighted by Gasteiger charge is 2.17. The maximum Gasteiger partial charge on any atom is 0.222 e. The number of aromatic nitrogens is 1. The molecule has 3 aromatic rings. The lowest BCUT2D eigenvalue weighted by molar-refractivity contribution is -0.130. The number of rotatable bonds is 12. The van der Waals surface area contributed by atoms with Gasteiger partial charge in [0.2, 0.25) is 5.91 Å². The van der Waals surface area contributed by atoms with Crippen LogP contribution in [0.25, 0.3) is 22.2 Å². The van der Waals surface area contributed by atoms with Gasteiger partial charge in [-0.25, -0.2) is 0 Å². The van der Waals surface area contributed by atoms with Gasteiger partial charge in [-0.2, -0.15) is 0 Å². The first-order valence-corrected chi connectivity index (χ1v) is 13.4. The summed E-state index contributed by atoms with van der Waals surface area (Å²) in [5, 5.41) is 20.8. The molecule has 1 saturated heterocycles. The Morgan fingerprint density at radius 2 is 1.40 bits per heavy atom. The van der Waals surface area contributed by atoms with E-state index in [1.807, 2.05) is 29.2 Å². The first-order chi connectivity index (χ1) is 17.0. The lowest BCUT2D eigenvalue weighted by Crippen LogP contribution is -2.27. The van der Waals surface area contributed by atoms with Gasteiger partial charge in [0, 0.05) is 37.0 Å². The largest absolute Gasteiger partial charge is 0.508 e. The Labute approximate surface area is 209 Å². The molecule has 5 nitrogen and oxygen atoms in total. The molecule has 0 spiro atoms. The maximum absolute atomic E-state index is 12.1. The fourth-order valence-corrected chi connectivity index (χ4v) is 5.47. The number of nitrogens with zero attached hydrogens (tertiary/aromatic N) is 2. The summed E-state index contributed by atoms with van der Waals surface area (Å²) in [5.74, 6) is 0.914. The zero-order valence-electron chi connectivity index (χ0n) is 21.1. The molecule has 1 aromatic heterocycles. The Hall–Kier alpha value is -2.95. The molecule has 0 unspecified atom stereocenters. The molecule has 0 saturated carbocycles. The fourth-order valence-electron chi connectivity index (χ4n) is 5.47. The second kappa shape index (κ2) is 12.1. The van der Waals surface area contributed by atoms with Crippen molar-refractivity contribution in [1.29, 1.82) is 0 Å². The summed E-state index contributed by atoms with van der Waals surface area (Å²) in [6, 6.07) is 13.0. The van der Waals surface area contributed by atoms with Gasteiger partial charge in [0.15, 0.2) is 0 Å². The van der Waals surface area contributed by atoms with Gasteiger partial charge >= 0.3 is 0 Å². The van der Waals surface area contributed by atoms with Crippen LogP contribution in [0.15, 0.2) is 42.5 Å². The number of aryl methyl sites for hydroxylation is 2. The zero-order chi connectivity index (χ0) is 24.6.